The SMILES string of the molecule is COc1cc(OC)cc(OCC2CCCNC2)c1. The molecule has 0 aromatic heterocycles. The molecule has 1 aliphatic rings. The Labute approximate surface area is 108 Å². The van der Waals surface area contributed by atoms with Gasteiger partial charge in [0.25, 0.3) is 0 Å². The molecule has 1 heterocycles. The van der Waals surface area contributed by atoms with Gasteiger partial charge in [-0.1, -0.05) is 0 Å². The molecule has 0 saturated carbocycles. The van der Waals surface area contributed by atoms with Gasteiger partial charge in [0.2, 0.25) is 0 Å². The summed E-state index contributed by atoms with van der Waals surface area (Å²) >= 11 is 0. The Kier molecular flexibility index (Phi) is 4.70. The molecule has 0 radical (unpaired) electrons. The van der Waals surface area contributed by atoms with Crippen molar-refractivity contribution in [1.29, 1.82) is 0 Å². The molecular formula is C14H21NO3. The van der Waals surface area contributed by atoms with Crippen molar-refractivity contribution in [2.45, 2.75) is 12.8 Å². The Morgan fingerprint density at radius 3 is 2.33 bits per heavy atom. The van der Waals surface area contributed by atoms with E-state index in [1.165, 1.54) is 12.8 Å². The van der Waals surface area contributed by atoms with Crippen LogP contribution in [0.25, 0.3) is 0 Å². The van der Waals surface area contributed by atoms with Crippen molar-refractivity contribution < 1.29 is 14.2 Å². The molecule has 4 heteroatoms. The van der Waals surface area contributed by atoms with Gasteiger partial charge in [0, 0.05) is 30.7 Å². The van der Waals surface area contributed by atoms with Gasteiger partial charge in [-0.25, -0.2) is 0 Å². The van der Waals surface area contributed by atoms with E-state index in [9.17, 15) is 0 Å². The topological polar surface area (TPSA) is 39.7 Å². The van der Waals surface area contributed by atoms with Crippen LogP contribution in [0, 0.1) is 5.92 Å². The third-order valence-corrected chi connectivity index (χ3v) is 3.21. The molecule has 4 nitrogen and oxygen atoms in total. The lowest BCUT2D eigenvalue weighted by atomic mass is 10.0. The maximum Gasteiger partial charge on any atom is 0.126 e. The van der Waals surface area contributed by atoms with E-state index in [-0.39, 0.29) is 0 Å². The molecule has 0 aliphatic carbocycles. The van der Waals surface area contributed by atoms with Crippen LogP contribution < -0.4 is 19.5 Å². The summed E-state index contributed by atoms with van der Waals surface area (Å²) in [5.41, 5.74) is 0. The molecule has 1 aromatic carbocycles. The standard InChI is InChI=1S/C14H21NO3/c1-16-12-6-13(17-2)8-14(7-12)18-10-11-4-3-5-15-9-11/h6-8,11,15H,3-5,9-10H2,1-2H3. The zero-order valence-corrected chi connectivity index (χ0v) is 11.1. The molecule has 2 rings (SSSR count). The second kappa shape index (κ2) is 6.50. The maximum atomic E-state index is 5.83. The van der Waals surface area contributed by atoms with Crippen LogP contribution in [0.15, 0.2) is 18.2 Å². The van der Waals surface area contributed by atoms with E-state index in [4.69, 9.17) is 14.2 Å². The smallest absolute Gasteiger partial charge is 0.126 e. The van der Waals surface area contributed by atoms with E-state index in [0.717, 1.165) is 36.9 Å². The molecular weight excluding hydrogens is 230 g/mol. The lowest BCUT2D eigenvalue weighted by molar-refractivity contribution is 0.217. The van der Waals surface area contributed by atoms with Crippen molar-refractivity contribution in [3.05, 3.63) is 18.2 Å². The van der Waals surface area contributed by atoms with Crippen LogP contribution in [0.5, 0.6) is 17.2 Å². The van der Waals surface area contributed by atoms with Crippen LogP contribution in [-0.4, -0.2) is 33.9 Å². The molecule has 1 atom stereocenters. The van der Waals surface area contributed by atoms with Gasteiger partial charge in [-0.15, -0.1) is 0 Å². The largest absolute Gasteiger partial charge is 0.496 e. The Bertz CT molecular complexity index is 353. The first-order valence-corrected chi connectivity index (χ1v) is 6.38. The Morgan fingerprint density at radius 1 is 1.11 bits per heavy atom. The van der Waals surface area contributed by atoms with Crippen LogP contribution in [0.3, 0.4) is 0 Å². The molecule has 100 valence electrons. The fourth-order valence-electron chi connectivity index (χ4n) is 2.14. The van der Waals surface area contributed by atoms with Gasteiger partial charge in [0.15, 0.2) is 0 Å². The first-order chi connectivity index (χ1) is 8.81. The van der Waals surface area contributed by atoms with Gasteiger partial charge in [0.1, 0.15) is 17.2 Å². The van der Waals surface area contributed by atoms with Crippen LogP contribution in [0.2, 0.25) is 0 Å². The molecule has 1 aromatic rings. The molecule has 1 aliphatic heterocycles. The van der Waals surface area contributed by atoms with Gasteiger partial charge in [-0.3, -0.25) is 0 Å². The van der Waals surface area contributed by atoms with Crippen LogP contribution in [0.1, 0.15) is 12.8 Å². The first-order valence-electron chi connectivity index (χ1n) is 6.38. The monoisotopic (exact) mass is 251 g/mol. The predicted octanol–water partition coefficient (Wildman–Crippen LogP) is 2.08. The number of rotatable bonds is 5. The average Bonchev–Trinajstić information content (AvgIpc) is 2.45. The summed E-state index contributed by atoms with van der Waals surface area (Å²) in [4.78, 5) is 0. The van der Waals surface area contributed by atoms with Crippen molar-refractivity contribution in [1.82, 2.24) is 5.32 Å². The summed E-state index contributed by atoms with van der Waals surface area (Å²) < 4.78 is 16.3. The van der Waals surface area contributed by atoms with Crippen LogP contribution in [0.4, 0.5) is 0 Å². The van der Waals surface area contributed by atoms with Crippen molar-refractivity contribution >= 4 is 0 Å². The van der Waals surface area contributed by atoms with Gasteiger partial charge >= 0.3 is 0 Å². The second-order valence-electron chi connectivity index (χ2n) is 4.57. The lowest BCUT2D eigenvalue weighted by Gasteiger charge is -2.23. The zero-order valence-electron chi connectivity index (χ0n) is 11.1. The predicted molar refractivity (Wildman–Crippen MR) is 70.6 cm³/mol. The summed E-state index contributed by atoms with van der Waals surface area (Å²) in [7, 11) is 3.28. The third-order valence-electron chi connectivity index (χ3n) is 3.21. The highest BCUT2D eigenvalue weighted by Crippen LogP contribution is 2.28. The summed E-state index contributed by atoms with van der Waals surface area (Å²) in [5.74, 6) is 2.91. The number of benzene rings is 1. The molecule has 18 heavy (non-hydrogen) atoms. The normalized spacial score (nSPS) is 19.3. The second-order valence-corrected chi connectivity index (χ2v) is 4.57. The van der Waals surface area contributed by atoms with Gasteiger partial charge in [0.05, 0.1) is 20.8 Å². The summed E-state index contributed by atoms with van der Waals surface area (Å²) in [6.45, 7) is 2.91. The van der Waals surface area contributed by atoms with E-state index >= 15 is 0 Å². The number of ether oxygens (including phenoxy) is 3. The Hall–Kier alpha value is -1.42. The summed E-state index contributed by atoms with van der Waals surface area (Å²) in [5, 5.41) is 3.39. The van der Waals surface area contributed by atoms with E-state index in [1.807, 2.05) is 18.2 Å². The van der Waals surface area contributed by atoms with E-state index in [2.05, 4.69) is 5.32 Å². The van der Waals surface area contributed by atoms with Crippen LogP contribution in [-0.2, 0) is 0 Å². The van der Waals surface area contributed by atoms with Crippen molar-refractivity contribution in [3.63, 3.8) is 0 Å². The summed E-state index contributed by atoms with van der Waals surface area (Å²) in [6.07, 6.45) is 2.46. The van der Waals surface area contributed by atoms with Gasteiger partial charge in [-0.2, -0.15) is 0 Å². The average molecular weight is 251 g/mol. The van der Waals surface area contributed by atoms with Crippen molar-refractivity contribution in [2.75, 3.05) is 33.9 Å². The highest BCUT2D eigenvalue weighted by molar-refractivity contribution is 5.41. The Morgan fingerprint density at radius 2 is 1.78 bits per heavy atom. The first kappa shape index (κ1) is 13.0. The van der Waals surface area contributed by atoms with Crippen molar-refractivity contribution in [3.8, 4) is 17.2 Å². The lowest BCUT2D eigenvalue weighted by Crippen LogP contribution is -2.33. The molecule has 1 unspecified atom stereocenters. The number of nitrogens with one attached hydrogen (secondary N) is 1. The molecule has 0 spiro atoms. The highest BCUT2D eigenvalue weighted by atomic mass is 16.5. The highest BCUT2D eigenvalue weighted by Gasteiger charge is 2.14. The quantitative estimate of drug-likeness (QED) is 0.869. The third kappa shape index (κ3) is 3.53. The zero-order chi connectivity index (χ0) is 12.8. The minimum atomic E-state index is 0.593. The fourth-order valence-corrected chi connectivity index (χ4v) is 2.14. The molecule has 0 amide bonds. The van der Waals surface area contributed by atoms with E-state index < -0.39 is 0 Å². The number of hydrogen-bond donors (Lipinski definition) is 1. The number of methoxy groups -OCH3 is 2. The van der Waals surface area contributed by atoms with E-state index in [1.54, 1.807) is 14.2 Å². The number of piperidine rings is 1. The minimum Gasteiger partial charge on any atom is -0.496 e. The molecule has 0 bridgehead atoms. The van der Waals surface area contributed by atoms with Crippen molar-refractivity contribution in [2.24, 2.45) is 5.92 Å². The molecule has 1 fully saturated rings. The number of hydrogen-bond acceptors (Lipinski definition) is 4. The minimum absolute atomic E-state index is 0.593. The van der Waals surface area contributed by atoms with E-state index in [0.29, 0.717) is 5.92 Å². The Balaban J connectivity index is 1.94. The summed E-state index contributed by atoms with van der Waals surface area (Å²) in [6, 6.07) is 5.62. The van der Waals surface area contributed by atoms with Crippen LogP contribution >= 0.6 is 0 Å². The van der Waals surface area contributed by atoms with Gasteiger partial charge < -0.3 is 19.5 Å². The van der Waals surface area contributed by atoms with Gasteiger partial charge in [-0.05, 0) is 19.4 Å². The molecule has 1 N–H and O–H groups in total. The fraction of sp³-hybridized carbons (Fsp3) is 0.571. The maximum absolute atomic E-state index is 5.83. The molecule has 1 saturated heterocycles.